The second-order valence-electron chi connectivity index (χ2n) is 11.8. The minimum absolute atomic E-state index is 0.144. The van der Waals surface area contributed by atoms with Crippen molar-refractivity contribution in [1.82, 2.24) is 10.2 Å². The minimum Gasteiger partial charge on any atom is -0.456 e. The third-order valence-corrected chi connectivity index (χ3v) is 7.15. The van der Waals surface area contributed by atoms with Crippen molar-refractivity contribution < 1.29 is 28.3 Å². The van der Waals surface area contributed by atoms with Crippen molar-refractivity contribution in [1.29, 1.82) is 0 Å². The zero-order chi connectivity index (χ0) is 31.4. The SMILES string of the molecule is CC(=O)Nc1ccc(-c2cc3cc(NC(=O)C4CCCN4C(=O)[C@H](NC(=O)OC(C)(C)C)c4ccccc4)ccc3o2)cc1. The van der Waals surface area contributed by atoms with Crippen molar-refractivity contribution >= 4 is 46.2 Å². The molecule has 1 aliphatic rings. The van der Waals surface area contributed by atoms with Crippen LogP contribution in [0, 0.1) is 0 Å². The molecule has 1 aromatic heterocycles. The van der Waals surface area contributed by atoms with E-state index >= 15 is 0 Å². The van der Waals surface area contributed by atoms with Gasteiger partial charge in [-0.1, -0.05) is 30.3 Å². The fourth-order valence-corrected chi connectivity index (χ4v) is 5.24. The van der Waals surface area contributed by atoms with E-state index in [0.717, 1.165) is 10.9 Å². The number of carbonyl (C=O) groups excluding carboxylic acids is 4. The van der Waals surface area contributed by atoms with Gasteiger partial charge in [0, 0.05) is 35.8 Å². The lowest BCUT2D eigenvalue weighted by molar-refractivity contribution is -0.138. The molecule has 3 N–H and O–H groups in total. The number of rotatable bonds is 7. The smallest absolute Gasteiger partial charge is 0.408 e. The number of alkyl carbamates (subject to hydrolysis) is 1. The molecule has 2 atom stereocenters. The number of anilines is 2. The summed E-state index contributed by atoms with van der Waals surface area (Å²) in [6, 6.07) is 21.8. The van der Waals surface area contributed by atoms with Crippen LogP contribution in [0.2, 0.25) is 0 Å². The number of benzene rings is 3. The van der Waals surface area contributed by atoms with E-state index in [2.05, 4.69) is 16.0 Å². The Morgan fingerprint density at radius 2 is 1.61 bits per heavy atom. The van der Waals surface area contributed by atoms with Gasteiger partial charge >= 0.3 is 6.09 Å². The summed E-state index contributed by atoms with van der Waals surface area (Å²) in [4.78, 5) is 52.8. The molecule has 5 rings (SSSR count). The van der Waals surface area contributed by atoms with E-state index in [4.69, 9.17) is 9.15 Å². The zero-order valence-corrected chi connectivity index (χ0v) is 25.2. The first kappa shape index (κ1) is 30.3. The van der Waals surface area contributed by atoms with E-state index in [0.29, 0.717) is 47.7 Å². The van der Waals surface area contributed by atoms with Gasteiger partial charge in [-0.15, -0.1) is 0 Å². The number of nitrogens with zero attached hydrogens (tertiary/aromatic N) is 1. The molecule has 0 radical (unpaired) electrons. The van der Waals surface area contributed by atoms with Gasteiger partial charge in [0.15, 0.2) is 0 Å². The maximum absolute atomic E-state index is 13.8. The van der Waals surface area contributed by atoms with Gasteiger partial charge in [0.2, 0.25) is 11.8 Å². The molecular formula is C34H36N4O6. The summed E-state index contributed by atoms with van der Waals surface area (Å²) >= 11 is 0. The first-order chi connectivity index (χ1) is 21.0. The van der Waals surface area contributed by atoms with Gasteiger partial charge in [0.1, 0.15) is 29.0 Å². The second kappa shape index (κ2) is 12.6. The highest BCUT2D eigenvalue weighted by molar-refractivity contribution is 6.00. The Labute approximate surface area is 255 Å². The lowest BCUT2D eigenvalue weighted by Gasteiger charge is -2.29. The summed E-state index contributed by atoms with van der Waals surface area (Å²) in [6.07, 6.45) is 0.442. The normalized spacial score (nSPS) is 15.5. The molecule has 1 fully saturated rings. The summed E-state index contributed by atoms with van der Waals surface area (Å²) in [5.41, 5.74) is 2.62. The number of hydrogen-bond donors (Lipinski definition) is 3. The van der Waals surface area contributed by atoms with Crippen LogP contribution in [0.25, 0.3) is 22.3 Å². The van der Waals surface area contributed by atoms with Crippen molar-refractivity contribution in [3.05, 3.63) is 84.4 Å². The summed E-state index contributed by atoms with van der Waals surface area (Å²) < 4.78 is 11.4. The molecule has 2 heterocycles. The predicted octanol–water partition coefficient (Wildman–Crippen LogP) is 6.25. The quantitative estimate of drug-likeness (QED) is 0.231. The average molecular weight is 597 g/mol. The number of nitrogens with one attached hydrogen (secondary N) is 3. The summed E-state index contributed by atoms with van der Waals surface area (Å²) in [6.45, 7) is 7.10. The van der Waals surface area contributed by atoms with Crippen molar-refractivity contribution in [3.8, 4) is 11.3 Å². The molecule has 1 aliphatic heterocycles. The van der Waals surface area contributed by atoms with Gasteiger partial charge in [-0.2, -0.15) is 0 Å². The number of amides is 4. The van der Waals surface area contributed by atoms with Crippen LogP contribution in [0.15, 0.2) is 83.3 Å². The van der Waals surface area contributed by atoms with E-state index < -0.39 is 23.8 Å². The number of furan rings is 1. The Hall–Kier alpha value is -5.12. The van der Waals surface area contributed by atoms with Crippen LogP contribution in [0.1, 0.15) is 52.1 Å². The molecular weight excluding hydrogens is 560 g/mol. The summed E-state index contributed by atoms with van der Waals surface area (Å²) in [5.74, 6) is -0.180. The topological polar surface area (TPSA) is 130 Å². The van der Waals surface area contributed by atoms with Crippen molar-refractivity contribution in [2.24, 2.45) is 0 Å². The molecule has 0 bridgehead atoms. The molecule has 228 valence electrons. The predicted molar refractivity (Wildman–Crippen MR) is 168 cm³/mol. The van der Waals surface area contributed by atoms with Crippen LogP contribution in [0.3, 0.4) is 0 Å². The van der Waals surface area contributed by atoms with Crippen molar-refractivity contribution in [2.75, 3.05) is 17.2 Å². The number of hydrogen-bond acceptors (Lipinski definition) is 6. The van der Waals surface area contributed by atoms with Crippen LogP contribution in [0.5, 0.6) is 0 Å². The van der Waals surface area contributed by atoms with Crippen LogP contribution in [-0.2, 0) is 19.1 Å². The molecule has 0 spiro atoms. The van der Waals surface area contributed by atoms with Gasteiger partial charge in [0.25, 0.3) is 5.91 Å². The maximum atomic E-state index is 13.8. The highest BCUT2D eigenvalue weighted by Gasteiger charge is 2.38. The average Bonchev–Trinajstić information content (AvgIpc) is 3.63. The van der Waals surface area contributed by atoms with E-state index in [9.17, 15) is 19.2 Å². The van der Waals surface area contributed by atoms with Crippen LogP contribution < -0.4 is 16.0 Å². The standard InChI is InChI=1S/C34H36N4O6/c1-21(39)35-25-14-12-22(13-15-25)29-20-24-19-26(16-17-28(24)43-29)36-31(40)27-11-8-18-38(27)32(41)30(23-9-6-5-7-10-23)37-33(42)44-34(2,3)4/h5-7,9-10,12-17,19-20,27,30H,8,11,18H2,1-4H3,(H,35,39)(H,36,40)(H,37,42)/t27?,30-/m1/s1. The number of carbonyl (C=O) groups is 4. The molecule has 44 heavy (non-hydrogen) atoms. The maximum Gasteiger partial charge on any atom is 0.408 e. The molecule has 10 nitrogen and oxygen atoms in total. The van der Waals surface area contributed by atoms with Crippen LogP contribution in [-0.4, -0.2) is 46.9 Å². The molecule has 10 heteroatoms. The molecule has 4 amide bonds. The van der Waals surface area contributed by atoms with Gasteiger partial charge in [-0.3, -0.25) is 14.4 Å². The van der Waals surface area contributed by atoms with Crippen LogP contribution in [0.4, 0.5) is 16.2 Å². The Morgan fingerprint density at radius 3 is 2.30 bits per heavy atom. The van der Waals surface area contributed by atoms with Crippen LogP contribution >= 0.6 is 0 Å². The second-order valence-corrected chi connectivity index (χ2v) is 11.8. The highest BCUT2D eigenvalue weighted by atomic mass is 16.6. The Kier molecular flexibility index (Phi) is 8.71. The summed E-state index contributed by atoms with van der Waals surface area (Å²) in [7, 11) is 0. The molecule has 4 aromatic rings. The first-order valence-corrected chi connectivity index (χ1v) is 14.5. The molecule has 0 saturated carbocycles. The molecule has 1 unspecified atom stereocenters. The Balaban J connectivity index is 1.30. The lowest BCUT2D eigenvalue weighted by atomic mass is 10.0. The van der Waals surface area contributed by atoms with E-state index in [1.54, 1.807) is 69.3 Å². The van der Waals surface area contributed by atoms with E-state index in [1.807, 2.05) is 30.3 Å². The monoisotopic (exact) mass is 596 g/mol. The summed E-state index contributed by atoms with van der Waals surface area (Å²) in [5, 5.41) is 9.21. The number of ether oxygens (including phenoxy) is 1. The van der Waals surface area contributed by atoms with Crippen molar-refractivity contribution in [3.63, 3.8) is 0 Å². The third-order valence-electron chi connectivity index (χ3n) is 7.15. The largest absolute Gasteiger partial charge is 0.456 e. The highest BCUT2D eigenvalue weighted by Crippen LogP contribution is 2.31. The fraction of sp³-hybridized carbons (Fsp3) is 0.294. The van der Waals surface area contributed by atoms with E-state index in [1.165, 1.54) is 11.8 Å². The Bertz CT molecular complexity index is 1670. The molecule has 0 aliphatic carbocycles. The van der Waals surface area contributed by atoms with E-state index in [-0.39, 0.29) is 17.7 Å². The minimum atomic E-state index is -1.01. The van der Waals surface area contributed by atoms with Crippen molar-refractivity contribution in [2.45, 2.75) is 58.2 Å². The lowest BCUT2D eigenvalue weighted by Crippen LogP contribution is -2.49. The van der Waals surface area contributed by atoms with Gasteiger partial charge < -0.3 is 30.0 Å². The Morgan fingerprint density at radius 1 is 0.909 bits per heavy atom. The molecule has 3 aromatic carbocycles. The molecule has 1 saturated heterocycles. The van der Waals surface area contributed by atoms with Gasteiger partial charge in [-0.25, -0.2) is 4.79 Å². The van der Waals surface area contributed by atoms with Gasteiger partial charge in [0.05, 0.1) is 0 Å². The fourth-order valence-electron chi connectivity index (χ4n) is 5.24. The van der Waals surface area contributed by atoms with Gasteiger partial charge in [-0.05, 0) is 87.7 Å². The third kappa shape index (κ3) is 7.26. The first-order valence-electron chi connectivity index (χ1n) is 14.5. The number of fused-ring (bicyclic) bond motifs is 1. The number of likely N-dealkylation sites (tertiary alicyclic amines) is 1. The zero-order valence-electron chi connectivity index (χ0n) is 25.2.